The first kappa shape index (κ1) is 18.7. The van der Waals surface area contributed by atoms with Gasteiger partial charge in [-0.25, -0.2) is 0 Å². The predicted octanol–water partition coefficient (Wildman–Crippen LogP) is 5.03. The second-order valence-corrected chi connectivity index (χ2v) is 7.18. The largest absolute Gasteiger partial charge is 0.460 e. The van der Waals surface area contributed by atoms with Crippen LogP contribution in [0.3, 0.4) is 0 Å². The van der Waals surface area contributed by atoms with Gasteiger partial charge >= 0.3 is 5.97 Å². The van der Waals surface area contributed by atoms with Gasteiger partial charge in [-0.1, -0.05) is 74.5 Å². The molecule has 138 valence electrons. The molecule has 0 aromatic heterocycles. The first-order chi connectivity index (χ1) is 12.7. The van der Waals surface area contributed by atoms with Crippen molar-refractivity contribution in [3.8, 4) is 0 Å². The van der Waals surface area contributed by atoms with Crippen molar-refractivity contribution in [1.82, 2.24) is 5.32 Å². The van der Waals surface area contributed by atoms with E-state index in [0.717, 1.165) is 31.2 Å². The van der Waals surface area contributed by atoms with Crippen molar-refractivity contribution in [3.05, 3.63) is 71.8 Å². The molecule has 0 spiro atoms. The van der Waals surface area contributed by atoms with E-state index in [1.807, 2.05) is 36.4 Å². The first-order valence-electron chi connectivity index (χ1n) is 9.71. The van der Waals surface area contributed by atoms with Gasteiger partial charge in [0.1, 0.15) is 6.61 Å². The van der Waals surface area contributed by atoms with Gasteiger partial charge in [0.15, 0.2) is 0 Å². The molecule has 0 aliphatic carbocycles. The third-order valence-corrected chi connectivity index (χ3v) is 5.90. The van der Waals surface area contributed by atoms with Crippen molar-refractivity contribution in [1.29, 1.82) is 0 Å². The molecule has 1 fully saturated rings. The average Bonchev–Trinajstić information content (AvgIpc) is 3.20. The number of ether oxygens (including phenoxy) is 1. The van der Waals surface area contributed by atoms with Gasteiger partial charge < -0.3 is 10.1 Å². The van der Waals surface area contributed by atoms with Crippen LogP contribution in [0, 0.1) is 5.41 Å². The van der Waals surface area contributed by atoms with Gasteiger partial charge in [-0.3, -0.25) is 4.79 Å². The molecular weight excluding hydrogens is 322 g/mol. The van der Waals surface area contributed by atoms with E-state index in [9.17, 15) is 4.79 Å². The Morgan fingerprint density at radius 2 is 1.62 bits per heavy atom. The van der Waals surface area contributed by atoms with Crippen molar-refractivity contribution in [2.75, 3.05) is 0 Å². The second kappa shape index (κ2) is 8.50. The van der Waals surface area contributed by atoms with Crippen LogP contribution in [0.1, 0.15) is 56.7 Å². The molecule has 26 heavy (non-hydrogen) atoms. The van der Waals surface area contributed by atoms with Crippen molar-refractivity contribution in [3.63, 3.8) is 0 Å². The third-order valence-electron chi connectivity index (χ3n) is 5.90. The fraction of sp³-hybridized carbons (Fsp3) is 0.435. The number of nitrogens with one attached hydrogen (secondary N) is 1. The number of carbonyl (C=O) groups excluding carboxylic acids is 1. The minimum atomic E-state index is -0.460. The van der Waals surface area contributed by atoms with Crippen LogP contribution in [-0.2, 0) is 16.1 Å². The Labute approximate surface area is 156 Å². The van der Waals surface area contributed by atoms with Gasteiger partial charge in [0.05, 0.1) is 5.41 Å². The monoisotopic (exact) mass is 351 g/mol. The summed E-state index contributed by atoms with van der Waals surface area (Å²) in [4.78, 5) is 13.1. The Hall–Kier alpha value is -2.13. The van der Waals surface area contributed by atoms with E-state index in [-0.39, 0.29) is 12.0 Å². The van der Waals surface area contributed by atoms with Gasteiger partial charge in [0.2, 0.25) is 0 Å². The number of hydrogen-bond acceptors (Lipinski definition) is 3. The van der Waals surface area contributed by atoms with E-state index in [2.05, 4.69) is 43.4 Å². The summed E-state index contributed by atoms with van der Waals surface area (Å²) in [5.41, 5.74) is 1.87. The maximum Gasteiger partial charge on any atom is 0.313 e. The molecule has 1 aliphatic heterocycles. The molecule has 0 saturated carbocycles. The summed E-state index contributed by atoms with van der Waals surface area (Å²) in [6.07, 6.45) is 3.64. The van der Waals surface area contributed by atoms with E-state index in [4.69, 9.17) is 4.74 Å². The summed E-state index contributed by atoms with van der Waals surface area (Å²) in [7, 11) is 0. The summed E-state index contributed by atoms with van der Waals surface area (Å²) >= 11 is 0. The highest BCUT2D eigenvalue weighted by Crippen LogP contribution is 2.41. The van der Waals surface area contributed by atoms with E-state index < -0.39 is 5.41 Å². The SMILES string of the molecule is CCC(CC)(C(=O)OCc1ccccc1)[C@H]1CC[C@@H](c2ccccc2)N1. The summed E-state index contributed by atoms with van der Waals surface area (Å²) in [6.45, 7) is 4.55. The Balaban J connectivity index is 1.70. The molecule has 2 atom stereocenters. The Bertz CT molecular complexity index is 695. The van der Waals surface area contributed by atoms with Crippen LogP contribution >= 0.6 is 0 Å². The van der Waals surface area contributed by atoms with Crippen LogP contribution in [0.25, 0.3) is 0 Å². The topological polar surface area (TPSA) is 38.3 Å². The predicted molar refractivity (Wildman–Crippen MR) is 105 cm³/mol. The molecule has 2 aromatic rings. The zero-order valence-corrected chi connectivity index (χ0v) is 15.8. The lowest BCUT2D eigenvalue weighted by atomic mass is 9.75. The molecule has 1 saturated heterocycles. The van der Waals surface area contributed by atoms with Crippen LogP contribution in [0.2, 0.25) is 0 Å². The summed E-state index contributed by atoms with van der Waals surface area (Å²) in [6, 6.07) is 20.9. The standard InChI is InChI=1S/C23H29NO2/c1-3-23(4-2,22(25)26-17-18-11-7-5-8-12-18)21-16-15-20(24-21)19-13-9-6-10-14-19/h5-14,20-21,24H,3-4,15-17H2,1-2H3/t20-,21+/m0/s1. The van der Waals surface area contributed by atoms with Crippen LogP contribution in [-0.4, -0.2) is 12.0 Å². The fourth-order valence-electron chi connectivity index (χ4n) is 4.17. The summed E-state index contributed by atoms with van der Waals surface area (Å²) in [5.74, 6) is -0.0717. The summed E-state index contributed by atoms with van der Waals surface area (Å²) < 4.78 is 5.75. The zero-order chi connectivity index (χ0) is 18.4. The van der Waals surface area contributed by atoms with Crippen molar-refractivity contribution >= 4 is 5.97 Å². The molecule has 1 aliphatic rings. The number of carbonyl (C=O) groups is 1. The number of rotatable bonds is 7. The number of hydrogen-bond donors (Lipinski definition) is 1. The quantitative estimate of drug-likeness (QED) is 0.711. The second-order valence-electron chi connectivity index (χ2n) is 7.18. The Kier molecular flexibility index (Phi) is 6.10. The molecule has 3 rings (SSSR count). The van der Waals surface area contributed by atoms with E-state index in [0.29, 0.717) is 12.6 Å². The maximum atomic E-state index is 13.1. The number of benzene rings is 2. The van der Waals surface area contributed by atoms with Gasteiger partial charge in [-0.2, -0.15) is 0 Å². The van der Waals surface area contributed by atoms with Gasteiger partial charge in [0.25, 0.3) is 0 Å². The summed E-state index contributed by atoms with van der Waals surface area (Å²) in [5, 5.41) is 3.73. The van der Waals surface area contributed by atoms with E-state index in [1.54, 1.807) is 0 Å². The molecule has 1 heterocycles. The van der Waals surface area contributed by atoms with E-state index >= 15 is 0 Å². The zero-order valence-electron chi connectivity index (χ0n) is 15.8. The Morgan fingerprint density at radius 1 is 1.00 bits per heavy atom. The molecule has 0 amide bonds. The normalized spacial score (nSPS) is 20.1. The van der Waals surface area contributed by atoms with Crippen LogP contribution in [0.15, 0.2) is 60.7 Å². The average molecular weight is 351 g/mol. The van der Waals surface area contributed by atoms with Crippen LogP contribution < -0.4 is 5.32 Å². The number of esters is 1. The van der Waals surface area contributed by atoms with Crippen molar-refractivity contribution in [2.45, 2.75) is 58.2 Å². The maximum absolute atomic E-state index is 13.1. The molecule has 2 aromatic carbocycles. The lowest BCUT2D eigenvalue weighted by Gasteiger charge is -2.35. The van der Waals surface area contributed by atoms with Crippen LogP contribution in [0.4, 0.5) is 0 Å². The van der Waals surface area contributed by atoms with Crippen molar-refractivity contribution in [2.24, 2.45) is 5.41 Å². The molecule has 0 unspecified atom stereocenters. The minimum Gasteiger partial charge on any atom is -0.460 e. The molecule has 3 heteroatoms. The molecule has 1 N–H and O–H groups in total. The fourth-order valence-corrected chi connectivity index (χ4v) is 4.17. The van der Waals surface area contributed by atoms with Gasteiger partial charge in [0, 0.05) is 12.1 Å². The molecular formula is C23H29NO2. The smallest absolute Gasteiger partial charge is 0.313 e. The molecule has 0 bridgehead atoms. The van der Waals surface area contributed by atoms with Crippen LogP contribution in [0.5, 0.6) is 0 Å². The molecule has 3 nitrogen and oxygen atoms in total. The van der Waals surface area contributed by atoms with E-state index in [1.165, 1.54) is 5.56 Å². The lowest BCUT2D eigenvalue weighted by molar-refractivity contribution is -0.160. The first-order valence-corrected chi connectivity index (χ1v) is 9.71. The van der Waals surface area contributed by atoms with Gasteiger partial charge in [-0.15, -0.1) is 0 Å². The highest BCUT2D eigenvalue weighted by Gasteiger charge is 2.47. The Morgan fingerprint density at radius 3 is 2.23 bits per heavy atom. The van der Waals surface area contributed by atoms with Gasteiger partial charge in [-0.05, 0) is 36.8 Å². The third kappa shape index (κ3) is 3.83. The van der Waals surface area contributed by atoms with Crippen molar-refractivity contribution < 1.29 is 9.53 Å². The highest BCUT2D eigenvalue weighted by molar-refractivity contribution is 5.78. The highest BCUT2D eigenvalue weighted by atomic mass is 16.5. The minimum absolute atomic E-state index is 0.0717. The molecule has 0 radical (unpaired) electrons. The lowest BCUT2D eigenvalue weighted by Crippen LogP contribution is -2.48.